The molecular weight excluding hydrogens is 316 g/mol. The third-order valence-electron chi connectivity index (χ3n) is 3.78. The molecule has 1 aliphatic heterocycles. The quantitative estimate of drug-likeness (QED) is 0.892. The maximum atomic E-state index is 6.07. The molecule has 2 N–H and O–H groups in total. The van der Waals surface area contributed by atoms with Gasteiger partial charge < -0.3 is 15.5 Å². The molecule has 0 aliphatic carbocycles. The van der Waals surface area contributed by atoms with Gasteiger partial charge in [-0.2, -0.15) is 0 Å². The van der Waals surface area contributed by atoms with Crippen LogP contribution in [-0.2, 0) is 6.42 Å². The predicted molar refractivity (Wildman–Crippen MR) is 88.0 cm³/mol. The van der Waals surface area contributed by atoms with Crippen LogP contribution in [0.3, 0.4) is 0 Å². The van der Waals surface area contributed by atoms with E-state index in [4.69, 9.17) is 5.73 Å². The SMILES string of the molecule is CN(C)CCN1C(N)=NCC1(C)Cc1ccc(Br)cc1. The maximum absolute atomic E-state index is 6.07. The van der Waals surface area contributed by atoms with Gasteiger partial charge in [0.05, 0.1) is 12.1 Å². The van der Waals surface area contributed by atoms with Crippen LogP contribution in [0.25, 0.3) is 0 Å². The first-order chi connectivity index (χ1) is 9.40. The van der Waals surface area contributed by atoms with Gasteiger partial charge in [-0.3, -0.25) is 4.99 Å². The van der Waals surface area contributed by atoms with Crippen molar-refractivity contribution < 1.29 is 0 Å². The second kappa shape index (κ2) is 6.14. The summed E-state index contributed by atoms with van der Waals surface area (Å²) in [7, 11) is 4.16. The Bertz CT molecular complexity index is 483. The molecule has 0 radical (unpaired) electrons. The van der Waals surface area contributed by atoms with Gasteiger partial charge >= 0.3 is 0 Å². The van der Waals surface area contributed by atoms with E-state index in [-0.39, 0.29) is 5.54 Å². The third kappa shape index (κ3) is 3.52. The van der Waals surface area contributed by atoms with Crippen LogP contribution in [0.2, 0.25) is 0 Å². The van der Waals surface area contributed by atoms with Gasteiger partial charge in [0.2, 0.25) is 0 Å². The average molecular weight is 339 g/mol. The van der Waals surface area contributed by atoms with Crippen LogP contribution < -0.4 is 5.73 Å². The number of aliphatic imine (C=N–C) groups is 1. The van der Waals surface area contributed by atoms with Crippen LogP contribution in [0.15, 0.2) is 33.7 Å². The molecule has 1 aromatic rings. The van der Waals surface area contributed by atoms with E-state index < -0.39 is 0 Å². The zero-order valence-corrected chi connectivity index (χ0v) is 14.0. The molecular formula is C15H23BrN4. The second-order valence-electron chi connectivity index (χ2n) is 5.93. The van der Waals surface area contributed by atoms with Crippen LogP contribution in [0.5, 0.6) is 0 Å². The lowest BCUT2D eigenvalue weighted by Gasteiger charge is -2.37. The highest BCUT2D eigenvalue weighted by molar-refractivity contribution is 9.10. The number of hydrogen-bond acceptors (Lipinski definition) is 4. The molecule has 110 valence electrons. The lowest BCUT2D eigenvalue weighted by atomic mass is 9.92. The number of halogens is 1. The Kier molecular flexibility index (Phi) is 4.70. The zero-order valence-electron chi connectivity index (χ0n) is 12.4. The summed E-state index contributed by atoms with van der Waals surface area (Å²) in [6.07, 6.45) is 0.956. The van der Waals surface area contributed by atoms with Crippen molar-refractivity contribution in [3.8, 4) is 0 Å². The summed E-state index contributed by atoms with van der Waals surface area (Å²) in [5.41, 5.74) is 7.36. The molecule has 5 heteroatoms. The first kappa shape index (κ1) is 15.3. The van der Waals surface area contributed by atoms with Crippen LogP contribution >= 0.6 is 15.9 Å². The monoisotopic (exact) mass is 338 g/mol. The lowest BCUT2D eigenvalue weighted by molar-refractivity contribution is 0.202. The summed E-state index contributed by atoms with van der Waals surface area (Å²) in [6.45, 7) is 4.90. The van der Waals surface area contributed by atoms with Gasteiger partial charge in [-0.15, -0.1) is 0 Å². The van der Waals surface area contributed by atoms with Gasteiger partial charge in [0.25, 0.3) is 0 Å². The van der Waals surface area contributed by atoms with Gasteiger partial charge in [-0.1, -0.05) is 28.1 Å². The summed E-state index contributed by atoms with van der Waals surface area (Å²) in [5, 5.41) is 0. The van der Waals surface area contributed by atoms with Crippen molar-refractivity contribution in [2.45, 2.75) is 18.9 Å². The smallest absolute Gasteiger partial charge is 0.191 e. The van der Waals surface area contributed by atoms with Crippen LogP contribution in [0.1, 0.15) is 12.5 Å². The fourth-order valence-electron chi connectivity index (χ4n) is 2.58. The van der Waals surface area contributed by atoms with E-state index in [0.29, 0.717) is 5.96 Å². The van der Waals surface area contributed by atoms with E-state index in [1.54, 1.807) is 0 Å². The molecule has 1 atom stereocenters. The van der Waals surface area contributed by atoms with Gasteiger partial charge in [-0.25, -0.2) is 0 Å². The highest BCUT2D eigenvalue weighted by Crippen LogP contribution is 2.26. The minimum Gasteiger partial charge on any atom is -0.370 e. The van der Waals surface area contributed by atoms with Crippen molar-refractivity contribution in [2.75, 3.05) is 33.7 Å². The first-order valence-corrected chi connectivity index (χ1v) is 7.67. The molecule has 0 fully saturated rings. The molecule has 0 bridgehead atoms. The first-order valence-electron chi connectivity index (χ1n) is 6.87. The van der Waals surface area contributed by atoms with Crippen molar-refractivity contribution in [2.24, 2.45) is 10.7 Å². The molecule has 1 heterocycles. The molecule has 4 nitrogen and oxygen atoms in total. The Labute approximate surface area is 129 Å². The molecule has 0 aromatic heterocycles. The summed E-state index contributed by atoms with van der Waals surface area (Å²) < 4.78 is 1.11. The topological polar surface area (TPSA) is 44.9 Å². The molecule has 20 heavy (non-hydrogen) atoms. The minimum absolute atomic E-state index is 0.0199. The molecule has 0 saturated heterocycles. The molecule has 0 saturated carbocycles. The van der Waals surface area contributed by atoms with Gasteiger partial charge in [0.1, 0.15) is 0 Å². The fraction of sp³-hybridized carbons (Fsp3) is 0.533. The third-order valence-corrected chi connectivity index (χ3v) is 4.31. The van der Waals surface area contributed by atoms with Gasteiger partial charge in [-0.05, 0) is 45.1 Å². The van der Waals surface area contributed by atoms with Crippen molar-refractivity contribution >= 4 is 21.9 Å². The number of likely N-dealkylation sites (N-methyl/N-ethyl adjacent to an activating group) is 1. The van der Waals surface area contributed by atoms with Crippen molar-refractivity contribution in [1.82, 2.24) is 9.80 Å². The van der Waals surface area contributed by atoms with Gasteiger partial charge in [0, 0.05) is 17.6 Å². The number of nitrogens with two attached hydrogens (primary N) is 1. The van der Waals surface area contributed by atoms with Crippen molar-refractivity contribution in [3.63, 3.8) is 0 Å². The average Bonchev–Trinajstić information content (AvgIpc) is 2.66. The lowest BCUT2D eigenvalue weighted by Crippen LogP contribution is -2.52. The summed E-state index contributed by atoms with van der Waals surface area (Å²) in [5.74, 6) is 0.673. The Hall–Kier alpha value is -1.07. The van der Waals surface area contributed by atoms with Crippen molar-refractivity contribution in [1.29, 1.82) is 0 Å². The summed E-state index contributed by atoms with van der Waals surface area (Å²) >= 11 is 3.48. The van der Waals surface area contributed by atoms with E-state index in [2.05, 4.69) is 76.0 Å². The van der Waals surface area contributed by atoms with E-state index >= 15 is 0 Å². The summed E-state index contributed by atoms with van der Waals surface area (Å²) in [6, 6.07) is 8.49. The minimum atomic E-state index is -0.0199. The molecule has 1 aromatic carbocycles. The predicted octanol–water partition coefficient (Wildman–Crippen LogP) is 1.94. The highest BCUT2D eigenvalue weighted by atomic mass is 79.9. The largest absolute Gasteiger partial charge is 0.370 e. The maximum Gasteiger partial charge on any atom is 0.191 e. The number of rotatable bonds is 5. The fourth-order valence-corrected chi connectivity index (χ4v) is 2.84. The van der Waals surface area contributed by atoms with Crippen LogP contribution in [0.4, 0.5) is 0 Å². The second-order valence-corrected chi connectivity index (χ2v) is 6.85. The zero-order chi connectivity index (χ0) is 14.8. The number of nitrogens with zero attached hydrogens (tertiary/aromatic N) is 3. The van der Waals surface area contributed by atoms with E-state index in [1.807, 2.05) is 0 Å². The Morgan fingerprint density at radius 3 is 2.60 bits per heavy atom. The molecule has 1 aliphatic rings. The molecule has 0 spiro atoms. The number of guanidine groups is 1. The number of benzene rings is 1. The molecule has 2 rings (SSSR count). The standard InChI is InChI=1S/C15H23BrN4/c1-15(10-12-4-6-13(16)7-5-12)11-18-14(17)20(15)9-8-19(2)3/h4-7H,8-11H2,1-3H3,(H2,17,18). The van der Waals surface area contributed by atoms with E-state index in [0.717, 1.165) is 30.5 Å². The summed E-state index contributed by atoms with van der Waals surface area (Å²) in [4.78, 5) is 8.87. The van der Waals surface area contributed by atoms with E-state index in [9.17, 15) is 0 Å². The normalized spacial score (nSPS) is 22.4. The Morgan fingerprint density at radius 1 is 1.35 bits per heavy atom. The van der Waals surface area contributed by atoms with Crippen LogP contribution in [-0.4, -0.2) is 55.0 Å². The van der Waals surface area contributed by atoms with E-state index in [1.165, 1.54) is 5.56 Å². The molecule has 0 amide bonds. The van der Waals surface area contributed by atoms with Gasteiger partial charge in [0.15, 0.2) is 5.96 Å². The Morgan fingerprint density at radius 2 is 2.00 bits per heavy atom. The number of hydrogen-bond donors (Lipinski definition) is 1. The van der Waals surface area contributed by atoms with Crippen LogP contribution in [0, 0.1) is 0 Å². The highest BCUT2D eigenvalue weighted by Gasteiger charge is 2.37. The van der Waals surface area contributed by atoms with Crippen molar-refractivity contribution in [3.05, 3.63) is 34.3 Å². The molecule has 1 unspecified atom stereocenters. The Balaban J connectivity index is 2.09.